The first-order chi connectivity index (χ1) is 15.5. The summed E-state index contributed by atoms with van der Waals surface area (Å²) in [4.78, 5) is 27.4. The van der Waals surface area contributed by atoms with Crippen molar-refractivity contribution in [2.45, 2.75) is 19.4 Å². The van der Waals surface area contributed by atoms with Crippen molar-refractivity contribution in [1.29, 1.82) is 0 Å². The fourth-order valence-electron chi connectivity index (χ4n) is 3.72. The number of para-hydroxylation sites is 2. The van der Waals surface area contributed by atoms with Crippen LogP contribution in [0.2, 0.25) is 0 Å². The van der Waals surface area contributed by atoms with Crippen molar-refractivity contribution in [2.75, 3.05) is 17.6 Å². The SMILES string of the molecule is Nc1ccccc1NC(=O)c1ccc(CN2CCC/C(=C\c3ccccc3Br)C2=O)cc1. The van der Waals surface area contributed by atoms with Gasteiger partial charge in [0.1, 0.15) is 0 Å². The van der Waals surface area contributed by atoms with Crippen LogP contribution in [0.1, 0.15) is 34.3 Å². The molecule has 0 aromatic heterocycles. The van der Waals surface area contributed by atoms with Crippen molar-refractivity contribution in [3.05, 3.63) is 99.5 Å². The predicted molar refractivity (Wildman–Crippen MR) is 132 cm³/mol. The van der Waals surface area contributed by atoms with Crippen LogP contribution in [0.15, 0.2) is 82.8 Å². The minimum atomic E-state index is -0.220. The number of likely N-dealkylation sites (tertiary alicyclic amines) is 1. The molecule has 32 heavy (non-hydrogen) atoms. The van der Waals surface area contributed by atoms with Gasteiger partial charge >= 0.3 is 0 Å². The van der Waals surface area contributed by atoms with Gasteiger partial charge in [-0.25, -0.2) is 0 Å². The average molecular weight is 490 g/mol. The van der Waals surface area contributed by atoms with Gasteiger partial charge < -0.3 is 16.0 Å². The van der Waals surface area contributed by atoms with Crippen LogP contribution < -0.4 is 11.1 Å². The predicted octanol–water partition coefficient (Wildman–Crippen LogP) is 5.49. The molecule has 0 atom stereocenters. The van der Waals surface area contributed by atoms with Crippen LogP contribution in [-0.4, -0.2) is 23.3 Å². The Kier molecular flexibility index (Phi) is 6.71. The first kappa shape index (κ1) is 21.8. The number of benzene rings is 3. The van der Waals surface area contributed by atoms with Crippen LogP contribution in [0.3, 0.4) is 0 Å². The lowest BCUT2D eigenvalue weighted by atomic mass is 10.00. The summed E-state index contributed by atoms with van der Waals surface area (Å²) in [6.07, 6.45) is 3.68. The van der Waals surface area contributed by atoms with Crippen LogP contribution in [0, 0.1) is 0 Å². The van der Waals surface area contributed by atoms with Gasteiger partial charge in [0.2, 0.25) is 5.91 Å². The number of nitrogens with zero attached hydrogens (tertiary/aromatic N) is 1. The number of carbonyl (C=O) groups is 2. The van der Waals surface area contributed by atoms with Gasteiger partial charge in [-0.3, -0.25) is 9.59 Å². The van der Waals surface area contributed by atoms with E-state index in [2.05, 4.69) is 21.2 Å². The van der Waals surface area contributed by atoms with Gasteiger partial charge in [-0.05, 0) is 60.4 Å². The minimum Gasteiger partial charge on any atom is -0.397 e. The van der Waals surface area contributed by atoms with Gasteiger partial charge in [0, 0.05) is 28.7 Å². The summed E-state index contributed by atoms with van der Waals surface area (Å²) in [6.45, 7) is 1.24. The molecule has 0 bridgehead atoms. The average Bonchev–Trinajstić information content (AvgIpc) is 2.80. The molecule has 6 heteroatoms. The Hall–Kier alpha value is -3.38. The molecule has 1 fully saturated rings. The van der Waals surface area contributed by atoms with E-state index in [0.717, 1.165) is 40.6 Å². The van der Waals surface area contributed by atoms with E-state index in [-0.39, 0.29) is 11.8 Å². The maximum Gasteiger partial charge on any atom is 0.255 e. The van der Waals surface area contributed by atoms with E-state index in [4.69, 9.17) is 5.73 Å². The highest BCUT2D eigenvalue weighted by Gasteiger charge is 2.23. The van der Waals surface area contributed by atoms with Crippen molar-refractivity contribution < 1.29 is 9.59 Å². The molecule has 0 spiro atoms. The van der Waals surface area contributed by atoms with Crippen LogP contribution in [0.25, 0.3) is 6.08 Å². The zero-order valence-electron chi connectivity index (χ0n) is 17.6. The molecule has 3 N–H and O–H groups in total. The number of nitrogens with two attached hydrogens (primary N) is 1. The topological polar surface area (TPSA) is 75.4 Å². The minimum absolute atomic E-state index is 0.0633. The third-order valence-corrected chi connectivity index (χ3v) is 6.19. The standard InChI is InChI=1S/C26H24BrN3O2/c27-22-8-2-1-6-20(22)16-21-7-5-15-30(26(21)32)17-18-11-13-19(14-12-18)25(31)29-24-10-4-3-9-23(24)28/h1-4,6,8-14,16H,5,7,15,17,28H2,(H,29,31)/b21-16+. The van der Waals surface area contributed by atoms with E-state index in [1.807, 2.05) is 59.5 Å². The van der Waals surface area contributed by atoms with Crippen LogP contribution in [0.5, 0.6) is 0 Å². The van der Waals surface area contributed by atoms with Gasteiger partial charge in [0.15, 0.2) is 0 Å². The molecule has 0 aliphatic carbocycles. The van der Waals surface area contributed by atoms with E-state index in [1.165, 1.54) is 0 Å². The smallest absolute Gasteiger partial charge is 0.255 e. The van der Waals surface area contributed by atoms with E-state index in [0.29, 0.717) is 23.5 Å². The van der Waals surface area contributed by atoms with Crippen molar-refractivity contribution in [1.82, 2.24) is 4.90 Å². The zero-order valence-corrected chi connectivity index (χ0v) is 19.1. The lowest BCUT2D eigenvalue weighted by molar-refractivity contribution is -0.129. The number of carbonyl (C=O) groups excluding carboxylic acids is 2. The highest BCUT2D eigenvalue weighted by Crippen LogP contribution is 2.25. The number of halogens is 1. The fraction of sp³-hybridized carbons (Fsp3) is 0.154. The van der Waals surface area contributed by atoms with Crippen LogP contribution in [0.4, 0.5) is 11.4 Å². The fourth-order valence-corrected chi connectivity index (χ4v) is 4.12. The molecule has 1 saturated heterocycles. The van der Waals surface area contributed by atoms with Crippen LogP contribution >= 0.6 is 15.9 Å². The number of piperidine rings is 1. The lowest BCUT2D eigenvalue weighted by Crippen LogP contribution is -2.36. The third kappa shape index (κ3) is 5.08. The van der Waals surface area contributed by atoms with Crippen molar-refractivity contribution in [2.24, 2.45) is 0 Å². The molecule has 1 heterocycles. The van der Waals surface area contributed by atoms with E-state index < -0.39 is 0 Å². The molecule has 3 aromatic carbocycles. The molecule has 1 aliphatic rings. The summed E-state index contributed by atoms with van der Waals surface area (Å²) in [5.74, 6) is -0.157. The molecular formula is C26H24BrN3O2. The Bertz CT molecular complexity index is 1170. The summed E-state index contributed by atoms with van der Waals surface area (Å²) in [5, 5.41) is 2.83. The summed E-state index contributed by atoms with van der Waals surface area (Å²) in [5.41, 5.74) is 10.4. The normalized spacial score (nSPS) is 15.1. The molecule has 0 saturated carbocycles. The number of rotatable bonds is 5. The van der Waals surface area contributed by atoms with Gasteiger partial charge in [-0.15, -0.1) is 0 Å². The molecule has 4 rings (SSSR count). The summed E-state index contributed by atoms with van der Waals surface area (Å²) in [7, 11) is 0. The van der Waals surface area contributed by atoms with Gasteiger partial charge in [0.05, 0.1) is 11.4 Å². The summed E-state index contributed by atoms with van der Waals surface area (Å²) < 4.78 is 0.976. The number of nitrogen functional groups attached to an aromatic ring is 1. The van der Waals surface area contributed by atoms with E-state index in [9.17, 15) is 9.59 Å². The Morgan fingerprint density at radius 3 is 2.50 bits per heavy atom. The first-order valence-corrected chi connectivity index (χ1v) is 11.3. The number of amides is 2. The zero-order chi connectivity index (χ0) is 22.5. The molecule has 1 aliphatic heterocycles. The number of hydrogen-bond donors (Lipinski definition) is 2. The second-order valence-electron chi connectivity index (χ2n) is 7.76. The highest BCUT2D eigenvalue weighted by molar-refractivity contribution is 9.10. The molecule has 162 valence electrons. The second kappa shape index (κ2) is 9.83. The van der Waals surface area contributed by atoms with Gasteiger partial charge in [-0.2, -0.15) is 0 Å². The molecule has 0 radical (unpaired) electrons. The van der Waals surface area contributed by atoms with Crippen LogP contribution in [-0.2, 0) is 11.3 Å². The Labute approximate surface area is 196 Å². The summed E-state index contributed by atoms with van der Waals surface area (Å²) >= 11 is 3.55. The Balaban J connectivity index is 1.43. The molecule has 2 amide bonds. The number of hydrogen-bond acceptors (Lipinski definition) is 3. The van der Waals surface area contributed by atoms with Gasteiger partial charge in [0.25, 0.3) is 5.91 Å². The quantitative estimate of drug-likeness (QED) is 0.367. The highest BCUT2D eigenvalue weighted by atomic mass is 79.9. The second-order valence-corrected chi connectivity index (χ2v) is 8.61. The lowest BCUT2D eigenvalue weighted by Gasteiger charge is -2.28. The Morgan fingerprint density at radius 2 is 1.75 bits per heavy atom. The number of nitrogens with one attached hydrogen (secondary N) is 1. The van der Waals surface area contributed by atoms with Gasteiger partial charge in [-0.1, -0.05) is 58.4 Å². The molecule has 3 aromatic rings. The maximum absolute atomic E-state index is 13.0. The first-order valence-electron chi connectivity index (χ1n) is 10.5. The number of anilines is 2. The van der Waals surface area contributed by atoms with Crippen molar-refractivity contribution >= 4 is 45.2 Å². The largest absolute Gasteiger partial charge is 0.397 e. The van der Waals surface area contributed by atoms with E-state index >= 15 is 0 Å². The van der Waals surface area contributed by atoms with E-state index in [1.54, 1.807) is 24.3 Å². The maximum atomic E-state index is 13.0. The molecular weight excluding hydrogens is 466 g/mol. The van der Waals surface area contributed by atoms with Crippen molar-refractivity contribution in [3.8, 4) is 0 Å². The monoisotopic (exact) mass is 489 g/mol. The van der Waals surface area contributed by atoms with Crippen molar-refractivity contribution in [3.63, 3.8) is 0 Å². The third-order valence-electron chi connectivity index (χ3n) is 5.47. The summed E-state index contributed by atoms with van der Waals surface area (Å²) in [6, 6.07) is 22.4. The Morgan fingerprint density at radius 1 is 1.03 bits per heavy atom. The molecule has 0 unspecified atom stereocenters. The molecule has 5 nitrogen and oxygen atoms in total.